The lowest BCUT2D eigenvalue weighted by molar-refractivity contribution is 0.0934. The van der Waals surface area contributed by atoms with Gasteiger partial charge in [-0.2, -0.15) is 0 Å². The first-order chi connectivity index (χ1) is 13.6. The van der Waals surface area contributed by atoms with Gasteiger partial charge >= 0.3 is 0 Å². The minimum Gasteiger partial charge on any atom is -0.490 e. The zero-order valence-corrected chi connectivity index (χ0v) is 15.5. The average molecular weight is 379 g/mol. The summed E-state index contributed by atoms with van der Waals surface area (Å²) in [6.45, 7) is 3.11. The number of hydrogen-bond acceptors (Lipinski definition) is 4. The van der Waals surface area contributed by atoms with Crippen molar-refractivity contribution in [2.75, 3.05) is 13.2 Å². The molecule has 0 spiro atoms. The van der Waals surface area contributed by atoms with Gasteiger partial charge in [-0.25, -0.2) is 4.68 Å². The molecule has 0 saturated heterocycles. The van der Waals surface area contributed by atoms with Crippen LogP contribution in [0.3, 0.4) is 0 Å². The Hall–Kier alpha value is -3.48. The van der Waals surface area contributed by atoms with Gasteiger partial charge in [0.05, 0.1) is 24.9 Å². The van der Waals surface area contributed by atoms with Crippen LogP contribution < -0.4 is 20.3 Å². The molecule has 1 aliphatic heterocycles. The fourth-order valence-electron chi connectivity index (χ4n) is 3.09. The van der Waals surface area contributed by atoms with Crippen molar-refractivity contribution in [1.29, 1.82) is 0 Å². The van der Waals surface area contributed by atoms with Crippen molar-refractivity contribution in [3.63, 3.8) is 0 Å². The van der Waals surface area contributed by atoms with Crippen LogP contribution in [0, 0.1) is 0 Å². The van der Waals surface area contributed by atoms with Crippen LogP contribution in [-0.2, 0) is 0 Å². The standard InChI is InChI=1S/C21H21N3O4/c1-14(15-8-9-18-19(12-15)28-11-5-10-27-18)22-21(26)17-13-20(25)24(23-17)16-6-3-2-4-7-16/h2-4,6-9,12-14,23H,5,10-11H2,1H3,(H,22,26)/t14-/m1/s1. The number of carbonyl (C=O) groups is 1. The van der Waals surface area contributed by atoms with Crippen LogP contribution in [0.2, 0.25) is 0 Å². The van der Waals surface area contributed by atoms with Gasteiger partial charge in [0, 0.05) is 12.5 Å². The first-order valence-corrected chi connectivity index (χ1v) is 9.20. The van der Waals surface area contributed by atoms with Gasteiger partial charge in [0.2, 0.25) is 0 Å². The Kier molecular flexibility index (Phi) is 4.89. The highest BCUT2D eigenvalue weighted by Crippen LogP contribution is 2.32. The summed E-state index contributed by atoms with van der Waals surface area (Å²) in [5.74, 6) is 1.04. The highest BCUT2D eigenvalue weighted by molar-refractivity contribution is 5.92. The molecule has 0 aliphatic carbocycles. The number of nitrogens with one attached hydrogen (secondary N) is 2. The first-order valence-electron chi connectivity index (χ1n) is 9.20. The zero-order valence-electron chi connectivity index (χ0n) is 15.5. The van der Waals surface area contributed by atoms with Crippen molar-refractivity contribution in [2.24, 2.45) is 0 Å². The molecule has 7 nitrogen and oxygen atoms in total. The van der Waals surface area contributed by atoms with Gasteiger partial charge in [-0.3, -0.25) is 14.7 Å². The summed E-state index contributed by atoms with van der Waals surface area (Å²) >= 11 is 0. The van der Waals surface area contributed by atoms with Crippen molar-refractivity contribution in [1.82, 2.24) is 15.1 Å². The molecule has 2 N–H and O–H groups in total. The molecule has 0 fully saturated rings. The molecule has 2 aromatic carbocycles. The summed E-state index contributed by atoms with van der Waals surface area (Å²) in [5, 5.41) is 5.77. The first kappa shape index (κ1) is 17.9. The van der Waals surface area contributed by atoms with Gasteiger partial charge in [-0.05, 0) is 36.8 Å². The monoisotopic (exact) mass is 379 g/mol. The van der Waals surface area contributed by atoms with E-state index < -0.39 is 0 Å². The second-order valence-corrected chi connectivity index (χ2v) is 6.63. The van der Waals surface area contributed by atoms with Crippen molar-refractivity contribution in [3.05, 3.63) is 76.2 Å². The van der Waals surface area contributed by atoms with E-state index >= 15 is 0 Å². The number of aromatic nitrogens is 2. The summed E-state index contributed by atoms with van der Waals surface area (Å²) in [4.78, 5) is 24.8. The number of hydrogen-bond donors (Lipinski definition) is 2. The van der Waals surface area contributed by atoms with Crippen LogP contribution in [0.15, 0.2) is 59.4 Å². The largest absolute Gasteiger partial charge is 0.490 e. The normalized spacial score (nSPS) is 14.2. The predicted molar refractivity (Wildman–Crippen MR) is 104 cm³/mol. The molecule has 28 heavy (non-hydrogen) atoms. The minimum absolute atomic E-state index is 0.204. The molecule has 0 saturated carbocycles. The SMILES string of the molecule is C[C@@H](NC(=O)c1cc(=O)n(-c2ccccc2)[nH]1)c1ccc2c(c1)OCCCO2. The number of aromatic amines is 1. The summed E-state index contributed by atoms with van der Waals surface area (Å²) in [6, 6.07) is 15.8. The molecule has 1 atom stereocenters. The Morgan fingerprint density at radius 3 is 2.61 bits per heavy atom. The highest BCUT2D eigenvalue weighted by Gasteiger charge is 2.18. The molecule has 3 aromatic rings. The van der Waals surface area contributed by atoms with Crippen LogP contribution in [0.4, 0.5) is 0 Å². The topological polar surface area (TPSA) is 85.4 Å². The summed E-state index contributed by atoms with van der Waals surface area (Å²) in [5.41, 5.74) is 1.47. The van der Waals surface area contributed by atoms with E-state index in [1.807, 2.05) is 43.3 Å². The van der Waals surface area contributed by atoms with Crippen molar-refractivity contribution in [2.45, 2.75) is 19.4 Å². The Balaban J connectivity index is 1.51. The van der Waals surface area contributed by atoms with Crippen LogP contribution in [0.5, 0.6) is 11.5 Å². The molecule has 2 heterocycles. The highest BCUT2D eigenvalue weighted by atomic mass is 16.5. The fourth-order valence-corrected chi connectivity index (χ4v) is 3.09. The maximum absolute atomic E-state index is 12.6. The van der Waals surface area contributed by atoms with E-state index in [0.717, 1.165) is 12.0 Å². The van der Waals surface area contributed by atoms with Gasteiger partial charge in [0.1, 0.15) is 5.69 Å². The molecular formula is C21H21N3O4. The fraction of sp³-hybridized carbons (Fsp3) is 0.238. The predicted octanol–water partition coefficient (Wildman–Crippen LogP) is 2.82. The van der Waals surface area contributed by atoms with Gasteiger partial charge in [0.25, 0.3) is 11.5 Å². The summed E-state index contributed by atoms with van der Waals surface area (Å²) in [7, 11) is 0. The van der Waals surface area contributed by atoms with E-state index in [1.54, 1.807) is 12.1 Å². The van der Waals surface area contributed by atoms with Crippen molar-refractivity contribution in [3.8, 4) is 17.2 Å². The second-order valence-electron chi connectivity index (χ2n) is 6.63. The maximum Gasteiger partial charge on any atom is 0.271 e. The molecule has 0 radical (unpaired) electrons. The lowest BCUT2D eigenvalue weighted by Gasteiger charge is -2.16. The molecule has 0 bridgehead atoms. The molecule has 144 valence electrons. The third-order valence-electron chi connectivity index (χ3n) is 4.60. The number of para-hydroxylation sites is 1. The van der Waals surface area contributed by atoms with Gasteiger partial charge < -0.3 is 14.8 Å². The Labute approximate surface area is 161 Å². The second kappa shape index (κ2) is 7.64. The van der Waals surface area contributed by atoms with Crippen molar-refractivity contribution >= 4 is 5.91 Å². The van der Waals surface area contributed by atoms with Crippen LogP contribution in [0.1, 0.15) is 35.4 Å². The number of nitrogens with zero attached hydrogens (tertiary/aromatic N) is 1. The van der Waals surface area contributed by atoms with E-state index in [2.05, 4.69) is 10.4 Å². The zero-order chi connectivity index (χ0) is 19.5. The molecule has 4 rings (SSSR count). The number of H-pyrrole nitrogens is 1. The lowest BCUT2D eigenvalue weighted by Crippen LogP contribution is -2.27. The number of fused-ring (bicyclic) bond motifs is 1. The Bertz CT molecular complexity index is 1040. The van der Waals surface area contributed by atoms with E-state index in [1.165, 1.54) is 10.7 Å². The Morgan fingerprint density at radius 2 is 1.82 bits per heavy atom. The molecule has 7 heteroatoms. The molecule has 1 amide bonds. The van der Waals surface area contributed by atoms with E-state index in [0.29, 0.717) is 30.4 Å². The summed E-state index contributed by atoms with van der Waals surface area (Å²) in [6.07, 6.45) is 0.835. The van der Waals surface area contributed by atoms with Gasteiger partial charge in [-0.1, -0.05) is 24.3 Å². The van der Waals surface area contributed by atoms with E-state index in [9.17, 15) is 9.59 Å². The van der Waals surface area contributed by atoms with E-state index in [-0.39, 0.29) is 23.2 Å². The molecule has 1 aliphatic rings. The number of rotatable bonds is 4. The third-order valence-corrected chi connectivity index (χ3v) is 4.60. The third kappa shape index (κ3) is 3.64. The Morgan fingerprint density at radius 1 is 1.07 bits per heavy atom. The summed E-state index contributed by atoms with van der Waals surface area (Å²) < 4.78 is 12.7. The quantitative estimate of drug-likeness (QED) is 0.730. The molecule has 1 aromatic heterocycles. The number of ether oxygens (including phenoxy) is 2. The number of carbonyl (C=O) groups excluding carboxylic acids is 1. The smallest absolute Gasteiger partial charge is 0.271 e. The molecule has 0 unspecified atom stereocenters. The lowest BCUT2D eigenvalue weighted by atomic mass is 10.1. The molecular weight excluding hydrogens is 358 g/mol. The van der Waals surface area contributed by atoms with Crippen LogP contribution in [0.25, 0.3) is 5.69 Å². The van der Waals surface area contributed by atoms with Crippen LogP contribution in [-0.4, -0.2) is 28.9 Å². The minimum atomic E-state index is -0.355. The number of amides is 1. The van der Waals surface area contributed by atoms with E-state index in [4.69, 9.17) is 9.47 Å². The van der Waals surface area contributed by atoms with Gasteiger partial charge in [-0.15, -0.1) is 0 Å². The maximum atomic E-state index is 12.6. The van der Waals surface area contributed by atoms with Gasteiger partial charge in [0.15, 0.2) is 11.5 Å². The van der Waals surface area contributed by atoms with Crippen molar-refractivity contribution < 1.29 is 14.3 Å². The number of benzene rings is 2. The van der Waals surface area contributed by atoms with Crippen LogP contribution >= 0.6 is 0 Å². The average Bonchev–Trinajstić information content (AvgIpc) is 2.95.